The number of hydrogen-bond acceptors (Lipinski definition) is 4. The van der Waals surface area contributed by atoms with Crippen LogP contribution < -0.4 is 0 Å². The van der Waals surface area contributed by atoms with Crippen LogP contribution in [-0.4, -0.2) is 44.5 Å². The third-order valence-corrected chi connectivity index (χ3v) is 6.61. The Bertz CT molecular complexity index is 1340. The Hall–Kier alpha value is -3.30. The van der Waals surface area contributed by atoms with Crippen molar-refractivity contribution in [1.82, 2.24) is 14.3 Å². The van der Waals surface area contributed by atoms with Crippen LogP contribution in [0.3, 0.4) is 0 Å². The van der Waals surface area contributed by atoms with E-state index in [-0.39, 0.29) is 28.9 Å². The Morgan fingerprint density at radius 2 is 1.97 bits per heavy atom. The molecule has 2 atom stereocenters. The van der Waals surface area contributed by atoms with Crippen molar-refractivity contribution in [3.63, 3.8) is 0 Å². The first-order valence-corrected chi connectivity index (χ1v) is 11.0. The number of aliphatic hydroxyl groups is 1. The molecule has 0 radical (unpaired) electrons. The maximum Gasteiger partial charge on any atom is 0.420 e. The summed E-state index contributed by atoms with van der Waals surface area (Å²) in [5, 5.41) is 9.83. The van der Waals surface area contributed by atoms with Gasteiger partial charge in [-0.05, 0) is 24.1 Å². The minimum Gasteiger partial charge on any atom is -0.472 e. The predicted molar refractivity (Wildman–Crippen MR) is 119 cm³/mol. The second-order valence-electron chi connectivity index (χ2n) is 8.15. The van der Waals surface area contributed by atoms with E-state index in [0.717, 1.165) is 16.0 Å². The van der Waals surface area contributed by atoms with Gasteiger partial charge in [-0.15, -0.1) is 0 Å². The summed E-state index contributed by atoms with van der Waals surface area (Å²) in [7, 11) is 0. The van der Waals surface area contributed by atoms with Crippen LogP contribution in [0.2, 0.25) is 5.15 Å². The Labute approximate surface area is 197 Å². The molecule has 0 bridgehead atoms. The van der Waals surface area contributed by atoms with E-state index < -0.39 is 29.3 Å². The van der Waals surface area contributed by atoms with E-state index >= 15 is 0 Å². The summed E-state index contributed by atoms with van der Waals surface area (Å²) < 4.78 is 47.7. The van der Waals surface area contributed by atoms with E-state index in [1.165, 1.54) is 29.7 Å². The number of hydrogen-bond donors (Lipinski definition) is 1. The van der Waals surface area contributed by atoms with Crippen molar-refractivity contribution in [2.45, 2.75) is 24.6 Å². The molecule has 4 aromatic rings. The van der Waals surface area contributed by atoms with Crippen LogP contribution in [-0.2, 0) is 6.18 Å². The van der Waals surface area contributed by atoms with Gasteiger partial charge < -0.3 is 14.4 Å². The molecule has 4 heterocycles. The zero-order valence-corrected chi connectivity index (χ0v) is 18.4. The van der Waals surface area contributed by atoms with Gasteiger partial charge in [0.1, 0.15) is 5.15 Å². The Morgan fingerprint density at radius 3 is 2.62 bits per heavy atom. The molecule has 0 saturated carbocycles. The van der Waals surface area contributed by atoms with Crippen LogP contribution in [0.4, 0.5) is 13.2 Å². The Morgan fingerprint density at radius 1 is 1.21 bits per heavy atom. The van der Waals surface area contributed by atoms with Gasteiger partial charge in [-0.25, -0.2) is 4.98 Å². The lowest BCUT2D eigenvalue weighted by Crippen LogP contribution is -2.40. The summed E-state index contributed by atoms with van der Waals surface area (Å²) in [6.07, 6.45) is -0.0667. The van der Waals surface area contributed by atoms with Gasteiger partial charge in [-0.1, -0.05) is 41.9 Å². The van der Waals surface area contributed by atoms with Gasteiger partial charge in [0.2, 0.25) is 0 Å². The highest BCUT2D eigenvalue weighted by Gasteiger charge is 2.41. The summed E-state index contributed by atoms with van der Waals surface area (Å²) in [6, 6.07) is 11.4. The lowest BCUT2D eigenvalue weighted by atomic mass is 9.92. The molecule has 0 unspecified atom stereocenters. The average Bonchev–Trinajstić information content (AvgIpc) is 3.57. The van der Waals surface area contributed by atoms with Crippen LogP contribution >= 0.6 is 11.6 Å². The maximum absolute atomic E-state index is 13.9. The standard InChI is InChI=1S/C24H19ClF3N3O3/c25-21-20(23(33)30-8-6-17(19(30)12-32)14-4-2-1-3-5-14)29-22-18(24(26,27)28)10-16(11-31(21)22)15-7-9-34-13-15/h1-5,7,9-11,13,17,19,32H,6,8,12H2/t17-,19+/m1/s1. The molecule has 34 heavy (non-hydrogen) atoms. The number of likely N-dealkylation sites (tertiary alicyclic amines) is 1. The van der Waals surface area contributed by atoms with E-state index in [1.54, 1.807) is 0 Å². The van der Waals surface area contributed by atoms with Crippen LogP contribution in [0, 0.1) is 0 Å². The highest BCUT2D eigenvalue weighted by Crippen LogP contribution is 2.39. The molecule has 1 aliphatic rings. The molecule has 1 fully saturated rings. The topological polar surface area (TPSA) is 71.0 Å². The molecule has 1 amide bonds. The number of halogens is 4. The van der Waals surface area contributed by atoms with Gasteiger partial charge in [-0.2, -0.15) is 13.2 Å². The molecule has 5 rings (SSSR count). The van der Waals surface area contributed by atoms with Gasteiger partial charge in [-0.3, -0.25) is 9.20 Å². The van der Waals surface area contributed by atoms with E-state index in [0.29, 0.717) is 18.5 Å². The second-order valence-corrected chi connectivity index (χ2v) is 8.51. The van der Waals surface area contributed by atoms with E-state index in [2.05, 4.69) is 4.98 Å². The van der Waals surface area contributed by atoms with Crippen molar-refractivity contribution >= 4 is 23.2 Å². The second kappa shape index (κ2) is 8.48. The van der Waals surface area contributed by atoms with E-state index in [9.17, 15) is 23.1 Å². The fourth-order valence-electron chi connectivity index (χ4n) is 4.61. The van der Waals surface area contributed by atoms with Crippen molar-refractivity contribution in [1.29, 1.82) is 0 Å². The number of carbonyl (C=O) groups is 1. The third-order valence-electron chi connectivity index (χ3n) is 6.25. The number of alkyl halides is 3. The first-order chi connectivity index (χ1) is 16.3. The third kappa shape index (κ3) is 3.74. The number of furan rings is 1. The summed E-state index contributed by atoms with van der Waals surface area (Å²) >= 11 is 6.43. The van der Waals surface area contributed by atoms with Crippen LogP contribution in [0.5, 0.6) is 0 Å². The average molecular weight is 490 g/mol. The Balaban J connectivity index is 1.58. The molecule has 1 saturated heterocycles. The lowest BCUT2D eigenvalue weighted by Gasteiger charge is -2.26. The smallest absolute Gasteiger partial charge is 0.420 e. The molecule has 0 spiro atoms. The number of aromatic nitrogens is 2. The first-order valence-electron chi connectivity index (χ1n) is 10.6. The molecule has 0 aliphatic carbocycles. The minimum atomic E-state index is -4.73. The normalized spacial score (nSPS) is 18.7. The van der Waals surface area contributed by atoms with Crippen molar-refractivity contribution < 1.29 is 27.5 Å². The first kappa shape index (κ1) is 22.5. The van der Waals surface area contributed by atoms with Gasteiger partial charge in [0.25, 0.3) is 5.91 Å². The van der Waals surface area contributed by atoms with Crippen molar-refractivity contribution in [3.05, 3.63) is 83.2 Å². The highest BCUT2D eigenvalue weighted by molar-refractivity contribution is 6.33. The zero-order chi connectivity index (χ0) is 24.0. The van der Waals surface area contributed by atoms with Gasteiger partial charge in [0, 0.05) is 29.8 Å². The SMILES string of the molecule is O=C(c1nc2c(C(F)(F)F)cc(-c3ccoc3)cn2c1Cl)N1CC[C@H](c2ccccc2)[C@@H]1CO. The molecule has 3 aromatic heterocycles. The number of pyridine rings is 1. The molecule has 1 N–H and O–H groups in total. The molecule has 176 valence electrons. The van der Waals surface area contributed by atoms with Crippen LogP contribution in [0.25, 0.3) is 16.8 Å². The number of aliphatic hydroxyl groups excluding tert-OH is 1. The summed E-state index contributed by atoms with van der Waals surface area (Å²) in [4.78, 5) is 18.9. The monoisotopic (exact) mass is 489 g/mol. The number of imidazole rings is 1. The zero-order valence-electron chi connectivity index (χ0n) is 17.7. The lowest BCUT2D eigenvalue weighted by molar-refractivity contribution is -0.136. The van der Waals surface area contributed by atoms with Gasteiger partial charge in [0.05, 0.1) is 30.7 Å². The highest BCUT2D eigenvalue weighted by atomic mass is 35.5. The molecule has 6 nitrogen and oxygen atoms in total. The number of nitrogens with zero attached hydrogens (tertiary/aromatic N) is 3. The summed E-state index contributed by atoms with van der Waals surface area (Å²) in [5.41, 5.74) is -0.159. The molecule has 10 heteroatoms. The van der Waals surface area contributed by atoms with Crippen molar-refractivity contribution in [3.8, 4) is 11.1 Å². The number of fused-ring (bicyclic) bond motifs is 1. The summed E-state index contributed by atoms with van der Waals surface area (Å²) in [5.74, 6) is -0.728. The molecule has 1 aromatic carbocycles. The number of carbonyl (C=O) groups excluding carboxylic acids is 1. The van der Waals surface area contributed by atoms with Crippen LogP contribution in [0.1, 0.15) is 34.0 Å². The van der Waals surface area contributed by atoms with Gasteiger partial charge >= 0.3 is 6.18 Å². The molecule has 1 aliphatic heterocycles. The van der Waals surface area contributed by atoms with Crippen LogP contribution in [0.15, 0.2) is 65.6 Å². The quantitative estimate of drug-likeness (QED) is 0.424. The number of amides is 1. The van der Waals surface area contributed by atoms with E-state index in [4.69, 9.17) is 16.0 Å². The minimum absolute atomic E-state index is 0.107. The molecular formula is C24H19ClF3N3O3. The van der Waals surface area contributed by atoms with Crippen molar-refractivity contribution in [2.24, 2.45) is 0 Å². The van der Waals surface area contributed by atoms with Crippen molar-refractivity contribution in [2.75, 3.05) is 13.2 Å². The van der Waals surface area contributed by atoms with E-state index in [1.807, 2.05) is 30.3 Å². The maximum atomic E-state index is 13.9. The van der Waals surface area contributed by atoms with Gasteiger partial charge in [0.15, 0.2) is 11.3 Å². The number of benzene rings is 1. The molecular weight excluding hydrogens is 471 g/mol. The largest absolute Gasteiger partial charge is 0.472 e. The predicted octanol–water partition coefficient (Wildman–Crippen LogP) is 5.26. The fraction of sp³-hybridized carbons (Fsp3) is 0.250. The summed E-state index contributed by atoms with van der Waals surface area (Å²) in [6.45, 7) is 0.0228. The number of rotatable bonds is 4. The Kier molecular flexibility index (Phi) is 5.61. The fourth-order valence-corrected chi connectivity index (χ4v) is 4.86.